The number of aromatic nitrogens is 3. The molecular formula is C23H22N4O. The van der Waals surface area contributed by atoms with Gasteiger partial charge in [0.2, 0.25) is 0 Å². The first-order valence-corrected chi connectivity index (χ1v) is 9.30. The fraction of sp³-hybridized carbons (Fsp3) is 0.174. The van der Waals surface area contributed by atoms with Crippen molar-refractivity contribution in [1.82, 2.24) is 19.3 Å². The van der Waals surface area contributed by atoms with Crippen LogP contribution >= 0.6 is 0 Å². The van der Waals surface area contributed by atoms with E-state index >= 15 is 0 Å². The van der Waals surface area contributed by atoms with Crippen molar-refractivity contribution in [1.29, 1.82) is 0 Å². The average molecular weight is 370 g/mol. The number of hydrogen-bond acceptors (Lipinski definition) is 3. The molecule has 4 aromatic rings. The number of amides is 1. The zero-order valence-electron chi connectivity index (χ0n) is 16.0. The van der Waals surface area contributed by atoms with Crippen molar-refractivity contribution in [3.8, 4) is 0 Å². The Kier molecular flexibility index (Phi) is 4.89. The van der Waals surface area contributed by atoms with Gasteiger partial charge in [0, 0.05) is 24.6 Å². The molecule has 0 bridgehead atoms. The molecule has 0 N–H and O–H groups in total. The quantitative estimate of drug-likeness (QED) is 0.529. The summed E-state index contributed by atoms with van der Waals surface area (Å²) in [6.07, 6.45) is 3.71. The second-order valence-electron chi connectivity index (χ2n) is 6.97. The maximum atomic E-state index is 13.3. The maximum absolute atomic E-state index is 13.3. The van der Waals surface area contributed by atoms with Gasteiger partial charge in [-0.15, -0.1) is 0 Å². The number of rotatable bonds is 5. The molecule has 0 spiro atoms. The van der Waals surface area contributed by atoms with Crippen LogP contribution in [0.2, 0.25) is 0 Å². The van der Waals surface area contributed by atoms with Gasteiger partial charge >= 0.3 is 0 Å². The summed E-state index contributed by atoms with van der Waals surface area (Å²) in [5.41, 5.74) is 5.16. The van der Waals surface area contributed by atoms with Crippen LogP contribution < -0.4 is 0 Å². The molecule has 1 aromatic carbocycles. The molecule has 5 nitrogen and oxygen atoms in total. The van der Waals surface area contributed by atoms with Crippen LogP contribution in [0.5, 0.6) is 0 Å². The molecule has 0 atom stereocenters. The van der Waals surface area contributed by atoms with Crippen LogP contribution in [-0.4, -0.2) is 25.2 Å². The molecule has 4 rings (SSSR count). The third-order valence-corrected chi connectivity index (χ3v) is 4.70. The van der Waals surface area contributed by atoms with E-state index in [0.717, 1.165) is 28.2 Å². The van der Waals surface area contributed by atoms with Crippen molar-refractivity contribution >= 4 is 11.6 Å². The molecule has 0 fully saturated rings. The fourth-order valence-corrected chi connectivity index (χ4v) is 3.31. The van der Waals surface area contributed by atoms with Gasteiger partial charge in [0.15, 0.2) is 0 Å². The average Bonchev–Trinajstić information content (AvgIpc) is 3.14. The summed E-state index contributed by atoms with van der Waals surface area (Å²) in [6, 6.07) is 19.8. The minimum atomic E-state index is -0.102. The van der Waals surface area contributed by atoms with Crippen molar-refractivity contribution in [2.75, 3.05) is 0 Å². The number of carbonyl (C=O) groups is 1. The van der Waals surface area contributed by atoms with Crippen LogP contribution in [-0.2, 0) is 13.1 Å². The number of aryl methyl sites for hydroxylation is 2. The van der Waals surface area contributed by atoms with Gasteiger partial charge in [0.1, 0.15) is 11.3 Å². The third-order valence-electron chi connectivity index (χ3n) is 4.70. The van der Waals surface area contributed by atoms with Gasteiger partial charge in [-0.2, -0.15) is 0 Å². The van der Waals surface area contributed by atoms with Crippen molar-refractivity contribution in [3.63, 3.8) is 0 Å². The van der Waals surface area contributed by atoms with Crippen molar-refractivity contribution in [2.24, 2.45) is 0 Å². The number of fused-ring (bicyclic) bond motifs is 1. The summed E-state index contributed by atoms with van der Waals surface area (Å²) in [5.74, 6) is -0.102. The standard InChI is InChI=1S/C23H22N4O/c1-17-8-7-13-26-16-21(25-22(17)26)23(28)27(14-19-10-4-3-5-11-19)15-20-12-6-9-18(2)24-20/h3-13,16H,14-15H2,1-2H3. The Labute approximate surface area is 164 Å². The number of hydrogen-bond donors (Lipinski definition) is 0. The Balaban J connectivity index is 1.68. The minimum Gasteiger partial charge on any atom is -0.327 e. The minimum absolute atomic E-state index is 0.102. The molecule has 0 aliphatic heterocycles. The lowest BCUT2D eigenvalue weighted by Gasteiger charge is -2.22. The number of pyridine rings is 2. The van der Waals surface area contributed by atoms with Crippen LogP contribution in [0.25, 0.3) is 5.65 Å². The Morgan fingerprint density at radius 2 is 1.75 bits per heavy atom. The van der Waals surface area contributed by atoms with E-state index in [2.05, 4.69) is 9.97 Å². The van der Waals surface area contributed by atoms with Gasteiger partial charge in [0.25, 0.3) is 5.91 Å². The molecule has 5 heteroatoms. The van der Waals surface area contributed by atoms with E-state index in [0.29, 0.717) is 18.8 Å². The van der Waals surface area contributed by atoms with E-state index in [1.54, 1.807) is 11.1 Å². The highest BCUT2D eigenvalue weighted by atomic mass is 16.2. The van der Waals surface area contributed by atoms with Gasteiger partial charge in [0.05, 0.1) is 12.2 Å². The first-order chi connectivity index (χ1) is 13.6. The highest BCUT2D eigenvalue weighted by molar-refractivity contribution is 5.93. The van der Waals surface area contributed by atoms with E-state index in [-0.39, 0.29) is 5.91 Å². The predicted octanol–water partition coefficient (Wildman–Crippen LogP) is 4.19. The molecule has 28 heavy (non-hydrogen) atoms. The normalized spacial score (nSPS) is 10.9. The number of carbonyl (C=O) groups excluding carboxylic acids is 1. The van der Waals surface area contributed by atoms with Gasteiger partial charge in [-0.05, 0) is 43.2 Å². The monoisotopic (exact) mass is 370 g/mol. The van der Waals surface area contributed by atoms with Crippen LogP contribution in [0.4, 0.5) is 0 Å². The van der Waals surface area contributed by atoms with Gasteiger partial charge in [-0.1, -0.05) is 42.5 Å². The molecule has 140 valence electrons. The van der Waals surface area contributed by atoms with E-state index in [1.165, 1.54) is 0 Å². The Morgan fingerprint density at radius 1 is 0.929 bits per heavy atom. The number of imidazole rings is 1. The van der Waals surface area contributed by atoms with E-state index in [4.69, 9.17) is 0 Å². The Hall–Kier alpha value is -3.47. The second kappa shape index (κ2) is 7.64. The molecule has 3 heterocycles. The fourth-order valence-electron chi connectivity index (χ4n) is 3.31. The molecule has 0 saturated carbocycles. The Morgan fingerprint density at radius 3 is 2.50 bits per heavy atom. The zero-order chi connectivity index (χ0) is 19.5. The molecule has 0 aliphatic rings. The van der Waals surface area contributed by atoms with E-state index < -0.39 is 0 Å². The van der Waals surface area contributed by atoms with Crippen LogP contribution in [0.3, 0.4) is 0 Å². The Bertz CT molecular complexity index is 1120. The van der Waals surface area contributed by atoms with Gasteiger partial charge in [-0.25, -0.2) is 4.98 Å². The summed E-state index contributed by atoms with van der Waals surface area (Å²) >= 11 is 0. The molecule has 0 unspecified atom stereocenters. The third kappa shape index (κ3) is 3.78. The topological polar surface area (TPSA) is 50.5 Å². The first-order valence-electron chi connectivity index (χ1n) is 9.30. The molecule has 1 amide bonds. The molecule has 3 aromatic heterocycles. The lowest BCUT2D eigenvalue weighted by molar-refractivity contribution is 0.0722. The smallest absolute Gasteiger partial charge is 0.274 e. The van der Waals surface area contributed by atoms with Crippen molar-refractivity contribution < 1.29 is 4.79 Å². The first kappa shape index (κ1) is 17.9. The summed E-state index contributed by atoms with van der Waals surface area (Å²) in [6.45, 7) is 4.89. The summed E-state index contributed by atoms with van der Waals surface area (Å²) in [5, 5.41) is 0. The van der Waals surface area contributed by atoms with E-state index in [1.807, 2.05) is 85.1 Å². The van der Waals surface area contributed by atoms with Crippen LogP contribution in [0.15, 0.2) is 73.1 Å². The zero-order valence-corrected chi connectivity index (χ0v) is 16.0. The predicted molar refractivity (Wildman–Crippen MR) is 109 cm³/mol. The number of benzene rings is 1. The molecule has 0 saturated heterocycles. The maximum Gasteiger partial charge on any atom is 0.274 e. The SMILES string of the molecule is Cc1cccc(CN(Cc2ccccc2)C(=O)c2cn3cccc(C)c3n2)n1. The van der Waals surface area contributed by atoms with Gasteiger partial charge in [-0.3, -0.25) is 9.78 Å². The summed E-state index contributed by atoms with van der Waals surface area (Å²) < 4.78 is 1.90. The second-order valence-corrected chi connectivity index (χ2v) is 6.97. The highest BCUT2D eigenvalue weighted by Crippen LogP contribution is 2.16. The largest absolute Gasteiger partial charge is 0.327 e. The molecular weight excluding hydrogens is 348 g/mol. The summed E-state index contributed by atoms with van der Waals surface area (Å²) in [4.78, 5) is 24.3. The van der Waals surface area contributed by atoms with Crippen molar-refractivity contribution in [3.05, 3.63) is 101 Å². The van der Waals surface area contributed by atoms with Crippen molar-refractivity contribution in [2.45, 2.75) is 26.9 Å². The lowest BCUT2D eigenvalue weighted by Crippen LogP contribution is -2.30. The van der Waals surface area contributed by atoms with Crippen LogP contribution in [0.1, 0.15) is 33.0 Å². The number of nitrogens with zero attached hydrogens (tertiary/aromatic N) is 4. The lowest BCUT2D eigenvalue weighted by atomic mass is 10.2. The van der Waals surface area contributed by atoms with Gasteiger partial charge < -0.3 is 9.30 Å². The molecule has 0 radical (unpaired) electrons. The highest BCUT2D eigenvalue weighted by Gasteiger charge is 2.20. The summed E-state index contributed by atoms with van der Waals surface area (Å²) in [7, 11) is 0. The van der Waals surface area contributed by atoms with E-state index in [9.17, 15) is 4.79 Å². The molecule has 0 aliphatic carbocycles. The van der Waals surface area contributed by atoms with Crippen LogP contribution in [0, 0.1) is 13.8 Å².